The second-order valence-electron chi connectivity index (χ2n) is 12.6. The van der Waals surface area contributed by atoms with Crippen LogP contribution in [-0.2, 0) is 0 Å². The molecule has 2 atom stereocenters. The third-order valence-electron chi connectivity index (χ3n) is 9.75. The van der Waals surface area contributed by atoms with Gasteiger partial charge in [0.2, 0.25) is 0 Å². The SMILES string of the molecule is O=C(c1ccoc1)N1CCC[C@H]1c1nc2ccc(-c3ccc(-c4ccc5nc([C@@H]6CCCN6C(=O)c6ccoc6)[nH]c5c4)cc3)cc2[nH]1. The average molecular weight is 637 g/mol. The third-order valence-corrected chi connectivity index (χ3v) is 9.75. The number of nitrogens with one attached hydrogen (secondary N) is 2. The number of hydrogen-bond donors (Lipinski definition) is 2. The Bertz CT molecular complexity index is 2100. The van der Waals surface area contributed by atoms with Crippen LogP contribution in [0.25, 0.3) is 44.3 Å². The van der Waals surface area contributed by atoms with E-state index >= 15 is 0 Å². The lowest BCUT2D eigenvalue weighted by molar-refractivity contribution is 0.0722. The van der Waals surface area contributed by atoms with Crippen LogP contribution >= 0.6 is 0 Å². The normalized spacial score (nSPS) is 18.0. The zero-order chi connectivity index (χ0) is 32.2. The van der Waals surface area contributed by atoms with Gasteiger partial charge in [-0.3, -0.25) is 9.59 Å². The average Bonchev–Trinajstić information content (AvgIpc) is 3.97. The van der Waals surface area contributed by atoms with Gasteiger partial charge in [-0.05, 0) is 84.3 Å². The number of nitrogens with zero attached hydrogens (tertiary/aromatic N) is 4. The van der Waals surface area contributed by atoms with Gasteiger partial charge in [0.05, 0.1) is 57.8 Å². The van der Waals surface area contributed by atoms with Crippen LogP contribution in [-0.4, -0.2) is 54.6 Å². The molecule has 4 aromatic heterocycles. The molecule has 0 spiro atoms. The van der Waals surface area contributed by atoms with Gasteiger partial charge in [-0.1, -0.05) is 36.4 Å². The van der Waals surface area contributed by atoms with Crippen LogP contribution in [0.4, 0.5) is 0 Å². The van der Waals surface area contributed by atoms with Gasteiger partial charge < -0.3 is 28.6 Å². The summed E-state index contributed by atoms with van der Waals surface area (Å²) in [6.07, 6.45) is 9.66. The van der Waals surface area contributed by atoms with Crippen LogP contribution in [0.1, 0.15) is 70.1 Å². The first kappa shape index (κ1) is 28.3. The quantitative estimate of drug-likeness (QED) is 0.191. The molecule has 3 aromatic carbocycles. The number of likely N-dealkylation sites (tertiary alicyclic amines) is 2. The molecule has 2 saturated heterocycles. The number of amides is 2. The van der Waals surface area contributed by atoms with Crippen molar-refractivity contribution >= 4 is 33.9 Å². The summed E-state index contributed by atoms with van der Waals surface area (Å²) >= 11 is 0. The summed E-state index contributed by atoms with van der Waals surface area (Å²) in [4.78, 5) is 46.7. The lowest BCUT2D eigenvalue weighted by atomic mass is 10.00. The maximum Gasteiger partial charge on any atom is 0.257 e. The number of imidazole rings is 2. The number of carbonyl (C=O) groups excluding carboxylic acids is 2. The number of hydrogen-bond acceptors (Lipinski definition) is 6. The van der Waals surface area contributed by atoms with Crippen LogP contribution in [0.15, 0.2) is 107 Å². The molecule has 2 aliphatic rings. The van der Waals surface area contributed by atoms with Crippen molar-refractivity contribution in [2.45, 2.75) is 37.8 Å². The Labute approximate surface area is 275 Å². The number of aromatic nitrogens is 4. The standard InChI is InChI=1S/C38H32N6O4/c45-37(27-13-17-47-21-27)43-15-1-3-33(43)35-39-29-11-9-25(19-31(29)41-35)23-5-7-24(8-6-23)26-10-12-30-32(20-26)42-36(40-30)34-4-2-16-44(34)38(46)28-14-18-48-22-28/h5-14,17-22,33-34H,1-4,15-16H2,(H,39,41)(H,40,42)/t33-,34-/m0/s1. The molecule has 238 valence electrons. The van der Waals surface area contributed by atoms with Crippen molar-refractivity contribution in [2.24, 2.45) is 0 Å². The number of aromatic amines is 2. The third kappa shape index (κ3) is 4.88. The summed E-state index contributed by atoms with van der Waals surface area (Å²) in [5.74, 6) is 1.57. The minimum absolute atomic E-state index is 0.0297. The van der Waals surface area contributed by atoms with Crippen molar-refractivity contribution in [3.8, 4) is 22.3 Å². The smallest absolute Gasteiger partial charge is 0.257 e. The number of benzene rings is 3. The van der Waals surface area contributed by atoms with Crippen LogP contribution < -0.4 is 0 Å². The van der Waals surface area contributed by atoms with Crippen molar-refractivity contribution < 1.29 is 18.4 Å². The fourth-order valence-corrected chi connectivity index (χ4v) is 7.28. The molecule has 6 heterocycles. The Morgan fingerprint density at radius 3 is 1.46 bits per heavy atom. The fraction of sp³-hybridized carbons (Fsp3) is 0.211. The monoisotopic (exact) mass is 636 g/mol. The Morgan fingerprint density at radius 1 is 0.604 bits per heavy atom. The van der Waals surface area contributed by atoms with E-state index in [1.165, 1.54) is 25.1 Å². The molecule has 48 heavy (non-hydrogen) atoms. The first-order valence-corrected chi connectivity index (χ1v) is 16.4. The van der Waals surface area contributed by atoms with Crippen molar-refractivity contribution in [1.29, 1.82) is 0 Å². The zero-order valence-corrected chi connectivity index (χ0v) is 26.1. The second kappa shape index (κ2) is 11.4. The van der Waals surface area contributed by atoms with E-state index in [2.05, 4.69) is 58.5 Å². The van der Waals surface area contributed by atoms with Gasteiger partial charge in [0, 0.05) is 13.1 Å². The molecule has 10 heteroatoms. The Hall–Kier alpha value is -5.90. The molecule has 0 saturated carbocycles. The summed E-state index contributed by atoms with van der Waals surface area (Å²) in [6, 6.07) is 24.3. The number of furan rings is 2. The van der Waals surface area contributed by atoms with Crippen LogP contribution in [0.3, 0.4) is 0 Å². The lowest BCUT2D eigenvalue weighted by Crippen LogP contribution is -2.30. The van der Waals surface area contributed by atoms with E-state index in [-0.39, 0.29) is 23.9 Å². The first-order valence-electron chi connectivity index (χ1n) is 16.4. The zero-order valence-electron chi connectivity index (χ0n) is 26.1. The maximum atomic E-state index is 13.1. The van der Waals surface area contributed by atoms with E-state index in [1.54, 1.807) is 12.1 Å². The molecule has 7 aromatic rings. The molecule has 0 radical (unpaired) electrons. The van der Waals surface area contributed by atoms with Crippen LogP contribution in [0, 0.1) is 0 Å². The van der Waals surface area contributed by atoms with Gasteiger partial charge in [-0.2, -0.15) is 0 Å². The highest BCUT2D eigenvalue weighted by Crippen LogP contribution is 2.36. The molecule has 2 N–H and O–H groups in total. The summed E-state index contributed by atoms with van der Waals surface area (Å²) in [5, 5.41) is 0. The molecule has 2 amide bonds. The van der Waals surface area contributed by atoms with Gasteiger partial charge in [-0.15, -0.1) is 0 Å². The summed E-state index contributed by atoms with van der Waals surface area (Å²) in [6.45, 7) is 1.40. The van der Waals surface area contributed by atoms with Gasteiger partial charge in [0.25, 0.3) is 11.8 Å². The number of carbonyl (C=O) groups is 2. The van der Waals surface area contributed by atoms with Gasteiger partial charge in [0.15, 0.2) is 0 Å². The van der Waals surface area contributed by atoms with Gasteiger partial charge in [-0.25, -0.2) is 9.97 Å². The van der Waals surface area contributed by atoms with Crippen LogP contribution in [0.5, 0.6) is 0 Å². The Balaban J connectivity index is 0.938. The minimum Gasteiger partial charge on any atom is -0.472 e. The van der Waals surface area contributed by atoms with Crippen molar-refractivity contribution in [2.75, 3.05) is 13.1 Å². The van der Waals surface area contributed by atoms with Crippen molar-refractivity contribution in [3.63, 3.8) is 0 Å². The van der Waals surface area contributed by atoms with E-state index in [9.17, 15) is 9.59 Å². The molecule has 0 aliphatic carbocycles. The minimum atomic E-state index is -0.0903. The second-order valence-corrected chi connectivity index (χ2v) is 12.6. The molecular formula is C38H32N6O4. The topological polar surface area (TPSA) is 124 Å². The maximum absolute atomic E-state index is 13.1. The number of rotatable bonds is 6. The molecule has 9 rings (SSSR count). The lowest BCUT2D eigenvalue weighted by Gasteiger charge is -2.22. The van der Waals surface area contributed by atoms with E-state index in [0.717, 1.165) is 81.7 Å². The summed E-state index contributed by atoms with van der Waals surface area (Å²) < 4.78 is 10.3. The van der Waals surface area contributed by atoms with Crippen molar-refractivity contribution in [3.05, 3.63) is 121 Å². The number of H-pyrrole nitrogens is 2. The molecule has 10 nitrogen and oxygen atoms in total. The van der Waals surface area contributed by atoms with E-state index in [0.29, 0.717) is 24.2 Å². The number of fused-ring (bicyclic) bond motifs is 2. The van der Waals surface area contributed by atoms with Gasteiger partial charge >= 0.3 is 0 Å². The first-order chi connectivity index (χ1) is 23.6. The van der Waals surface area contributed by atoms with Gasteiger partial charge in [0.1, 0.15) is 24.2 Å². The summed E-state index contributed by atoms with van der Waals surface area (Å²) in [5.41, 5.74) is 9.15. The molecule has 2 fully saturated rings. The van der Waals surface area contributed by atoms with E-state index in [4.69, 9.17) is 18.8 Å². The Kier molecular flexibility index (Phi) is 6.74. The molecule has 0 unspecified atom stereocenters. The Morgan fingerprint density at radius 2 is 1.04 bits per heavy atom. The molecular weight excluding hydrogens is 604 g/mol. The van der Waals surface area contributed by atoms with Crippen molar-refractivity contribution in [1.82, 2.24) is 29.7 Å². The highest BCUT2D eigenvalue weighted by molar-refractivity contribution is 5.95. The highest BCUT2D eigenvalue weighted by Gasteiger charge is 2.34. The predicted molar refractivity (Wildman–Crippen MR) is 180 cm³/mol. The van der Waals surface area contributed by atoms with E-state index in [1.807, 2.05) is 21.9 Å². The fourth-order valence-electron chi connectivity index (χ4n) is 7.28. The largest absolute Gasteiger partial charge is 0.472 e. The summed E-state index contributed by atoms with van der Waals surface area (Å²) in [7, 11) is 0. The van der Waals surface area contributed by atoms with Crippen LogP contribution in [0.2, 0.25) is 0 Å². The molecule has 0 bridgehead atoms. The van der Waals surface area contributed by atoms with E-state index < -0.39 is 0 Å². The predicted octanol–water partition coefficient (Wildman–Crippen LogP) is 7.91. The highest BCUT2D eigenvalue weighted by atomic mass is 16.3. The molecule has 2 aliphatic heterocycles.